The van der Waals surface area contributed by atoms with Crippen LogP contribution >= 0.6 is 0 Å². The number of likely N-dealkylation sites (N-methyl/N-ethyl adjacent to an activating group) is 3. The normalized spacial score (nSPS) is 20.1. The summed E-state index contributed by atoms with van der Waals surface area (Å²) in [5.41, 5.74) is 0.140. The minimum Gasteiger partial charge on any atom is -0.395 e. The molecule has 21 heteroatoms. The van der Waals surface area contributed by atoms with Gasteiger partial charge in [0.05, 0.1) is 128 Å². The molecule has 1 unspecified atom stereocenters. The van der Waals surface area contributed by atoms with Crippen LogP contribution in [0.1, 0.15) is 350 Å². The average Bonchev–Trinajstić information content (AvgIpc) is 1.33. The lowest BCUT2D eigenvalue weighted by Gasteiger charge is -2.39. The minimum atomic E-state index is -0.0584. The first kappa shape index (κ1) is 126. The monoisotopic (exact) mass is 1790 g/mol. The molecule has 0 spiro atoms. The van der Waals surface area contributed by atoms with E-state index in [1.54, 1.807) is 0 Å². The van der Waals surface area contributed by atoms with Crippen LogP contribution in [0, 0.1) is 23.7 Å². The second-order valence-electron chi connectivity index (χ2n) is 47.3. The molecule has 125 heavy (non-hydrogen) atoms. The summed E-state index contributed by atoms with van der Waals surface area (Å²) < 4.78 is 57.2. The third kappa shape index (κ3) is 88.2. The number of piperazine rings is 1. The van der Waals surface area contributed by atoms with Crippen LogP contribution in [0.2, 0.25) is 0 Å². The second-order valence-corrected chi connectivity index (χ2v) is 47.3. The molecule has 1 atom stereocenters. The molecule has 0 amide bonds. The first-order chi connectivity index (χ1) is 57.6. The van der Waals surface area contributed by atoms with Crippen molar-refractivity contribution in [1.29, 1.82) is 0 Å². The summed E-state index contributed by atoms with van der Waals surface area (Å²) in [7, 11) is 8.68. The van der Waals surface area contributed by atoms with Gasteiger partial charge in [-0.05, 0) is 395 Å². The van der Waals surface area contributed by atoms with Crippen molar-refractivity contribution in [3.8, 4) is 0 Å². The molecule has 754 valence electrons. The van der Waals surface area contributed by atoms with Crippen molar-refractivity contribution in [3.05, 3.63) is 0 Å². The first-order valence-corrected chi connectivity index (χ1v) is 50.6. The van der Waals surface area contributed by atoms with Crippen LogP contribution < -0.4 is 5.32 Å². The molecule has 0 aromatic heterocycles. The van der Waals surface area contributed by atoms with Crippen molar-refractivity contribution < 1.29 is 57.6 Å². The van der Waals surface area contributed by atoms with E-state index in [0.29, 0.717) is 18.2 Å². The molecule has 8 fully saturated rings. The maximum atomic E-state index is 8.84. The van der Waals surface area contributed by atoms with Gasteiger partial charge in [0, 0.05) is 104 Å². The Balaban J connectivity index is 0. The summed E-state index contributed by atoms with van der Waals surface area (Å²) in [4.78, 5) is 18.9. The summed E-state index contributed by atoms with van der Waals surface area (Å²) in [5, 5.41) is 21.0. The van der Waals surface area contributed by atoms with E-state index in [1.807, 2.05) is 0 Å². The third-order valence-electron chi connectivity index (χ3n) is 22.2. The maximum absolute atomic E-state index is 8.84. The van der Waals surface area contributed by atoms with Crippen LogP contribution in [0.25, 0.3) is 0 Å². The lowest BCUT2D eigenvalue weighted by Crippen LogP contribution is -2.52. The smallest absolute Gasteiger partial charge is 0.0835 e. The van der Waals surface area contributed by atoms with Crippen molar-refractivity contribution in [2.75, 3.05) is 232 Å². The zero-order valence-electron chi connectivity index (χ0n) is 90.5. The summed E-state index contributed by atoms with van der Waals surface area (Å²) in [6.45, 7) is 100. The summed E-state index contributed by atoms with van der Waals surface area (Å²) in [6.07, 6.45) is 26.1. The Hall–Kier alpha value is -0.840. The molecule has 6 heterocycles. The highest BCUT2D eigenvalue weighted by Gasteiger charge is 2.30. The van der Waals surface area contributed by atoms with Gasteiger partial charge >= 0.3 is 0 Å². The Morgan fingerprint density at radius 2 is 0.664 bits per heavy atom. The van der Waals surface area contributed by atoms with Crippen molar-refractivity contribution in [2.24, 2.45) is 23.7 Å². The molecular formula is C104H221N9O12. The molecule has 0 bridgehead atoms. The molecule has 0 radical (unpaired) electrons. The number of aliphatic hydroxyl groups excluding tert-OH is 2. The van der Waals surface area contributed by atoms with Gasteiger partial charge in [0.15, 0.2) is 0 Å². The number of nitrogens with zero attached hydrogens (tertiary/aromatic N) is 8. The third-order valence-corrected chi connectivity index (χ3v) is 22.2. The Labute approximate surface area is 778 Å². The van der Waals surface area contributed by atoms with Crippen LogP contribution in [-0.4, -0.2) is 355 Å². The molecule has 6 saturated heterocycles. The molecular weight excluding hydrogens is 1570 g/mol. The molecule has 0 aromatic carbocycles. The topological polar surface area (TPSA) is 171 Å². The van der Waals surface area contributed by atoms with Crippen molar-refractivity contribution in [2.45, 2.75) is 425 Å². The van der Waals surface area contributed by atoms with E-state index in [0.717, 1.165) is 155 Å². The second kappa shape index (κ2) is 67.4. The minimum absolute atomic E-state index is 0.0160. The standard InChI is InChI=1S/C12H26N2O.C12H25NO.C11H25NO2.C11H23NO.C11H22O.C10H23NO2.C10H21NO.C10H20O.C9H19NO.C8H17NO/c1-12(2,3)15-11-5-6-14-9-7-13(4)8-10-14;1-11-5-7-13(8-6-11)9-10-14-12(2,3)4;1-5-6-12(7-9-13)8-10-14-11(2,3)4;1-11(2,3)13-9-10-5-7-12(4)8-6-10;1-11(2,3)12-9-10-7-5-4-6-8-10;1-5-11(6-8-12)7-9-13-10(2,3)4;1-10(2,3)12-9-5-7-11(4)8-6-9;1-10(2,3)11-8-9-6-4-5-7-9;1-9(2,3)11-7-8-5-4-6-10-8;1-8(2,3)10-7-5-9(4)6-7/h5-11H2,1-4H3;11H,5-10H2,1-4H3;13H,5-10H2,1-4H3;10H,5-9H2,1-4H3;10H,4-9H2,1-3H3;12H,5-9H2,1-4H3;9H,5-8H2,1-4H3;9H,4-8H2,1-3H3;8,10H,4-7H2,1-3H3;7H,5-6H2,1-4H3. The van der Waals surface area contributed by atoms with Gasteiger partial charge in [0.1, 0.15) is 0 Å². The maximum Gasteiger partial charge on any atom is 0.0835 e. The molecule has 21 nitrogen and oxygen atoms in total. The number of aliphatic hydroxyl groups is 2. The highest BCUT2D eigenvalue weighted by atomic mass is 16.5. The number of likely N-dealkylation sites (tertiary alicyclic amines) is 4. The van der Waals surface area contributed by atoms with E-state index in [1.165, 1.54) is 181 Å². The lowest BCUT2D eigenvalue weighted by atomic mass is 9.90. The van der Waals surface area contributed by atoms with Gasteiger partial charge in [-0.2, -0.15) is 0 Å². The average molecular weight is 1790 g/mol. The highest BCUT2D eigenvalue weighted by molar-refractivity contribution is 4.82. The van der Waals surface area contributed by atoms with Crippen molar-refractivity contribution in [1.82, 2.24) is 44.5 Å². The number of nitrogens with one attached hydrogen (secondary N) is 1. The Morgan fingerprint density at radius 1 is 0.312 bits per heavy atom. The summed E-state index contributed by atoms with van der Waals surface area (Å²) in [6, 6.07) is 0.606. The fourth-order valence-electron chi connectivity index (χ4n) is 14.8. The predicted octanol–water partition coefficient (Wildman–Crippen LogP) is 19.7. The SMILES string of the molecule is CC(C)(C)OCC1CCCC1.CC(C)(C)OCC1CCCCC1.CC(C)(C)OCC1CCCN1.CC1CCN(CCOC(C)(C)C)CC1.CCCN(CCO)CCOC(C)(C)C.CCN(CCO)CCOC(C)(C)C.CN1CC(OC(C)(C)C)C1.CN1CCC(COC(C)(C)C)CC1.CN1CCC(OC(C)(C)C)CC1.CN1CCN(CCCOC(C)(C)C)CC1. The van der Waals surface area contributed by atoms with E-state index in [-0.39, 0.29) is 69.2 Å². The van der Waals surface area contributed by atoms with Crippen LogP contribution in [0.3, 0.4) is 0 Å². The summed E-state index contributed by atoms with van der Waals surface area (Å²) >= 11 is 0. The Morgan fingerprint density at radius 3 is 1.04 bits per heavy atom. The zero-order valence-corrected chi connectivity index (χ0v) is 90.5. The summed E-state index contributed by atoms with van der Waals surface area (Å²) in [5.74, 6) is 3.41. The number of hydrogen-bond acceptors (Lipinski definition) is 21. The lowest BCUT2D eigenvalue weighted by molar-refractivity contribution is -0.117. The molecule has 3 N–H and O–H groups in total. The van der Waals surface area contributed by atoms with Crippen LogP contribution in [0.4, 0.5) is 0 Å². The van der Waals surface area contributed by atoms with Crippen LogP contribution in [-0.2, 0) is 47.4 Å². The van der Waals surface area contributed by atoms with Gasteiger partial charge in [0.2, 0.25) is 0 Å². The predicted molar refractivity (Wildman–Crippen MR) is 535 cm³/mol. The number of hydrogen-bond donors (Lipinski definition) is 3. The van der Waals surface area contributed by atoms with Gasteiger partial charge in [-0.1, -0.05) is 52.9 Å². The molecule has 8 aliphatic rings. The molecule has 6 aliphatic heterocycles. The number of ether oxygens (including phenoxy) is 10. The molecule has 8 rings (SSSR count). The Bertz CT molecular complexity index is 2360. The molecule has 2 saturated carbocycles. The van der Waals surface area contributed by atoms with Gasteiger partial charge in [0.25, 0.3) is 0 Å². The molecule has 2 aliphatic carbocycles. The van der Waals surface area contributed by atoms with E-state index in [4.69, 9.17) is 57.6 Å². The van der Waals surface area contributed by atoms with Gasteiger partial charge in [-0.25, -0.2) is 0 Å². The van der Waals surface area contributed by atoms with Crippen LogP contribution in [0.5, 0.6) is 0 Å². The van der Waals surface area contributed by atoms with E-state index in [2.05, 4.69) is 301 Å². The quantitative estimate of drug-likeness (QED) is 0.0580. The van der Waals surface area contributed by atoms with Gasteiger partial charge in [-0.3, -0.25) is 9.80 Å². The fourth-order valence-corrected chi connectivity index (χ4v) is 14.8. The zero-order chi connectivity index (χ0) is 95.8. The van der Waals surface area contributed by atoms with Gasteiger partial charge in [-0.15, -0.1) is 0 Å². The van der Waals surface area contributed by atoms with Gasteiger partial charge < -0.3 is 92.3 Å². The first-order valence-electron chi connectivity index (χ1n) is 50.6. The van der Waals surface area contributed by atoms with E-state index >= 15 is 0 Å². The number of piperidine rings is 3. The van der Waals surface area contributed by atoms with Crippen molar-refractivity contribution >= 4 is 0 Å². The Kier molecular flexibility index (Phi) is 68.0. The largest absolute Gasteiger partial charge is 0.395 e. The molecule has 0 aromatic rings. The van der Waals surface area contributed by atoms with E-state index < -0.39 is 0 Å². The van der Waals surface area contributed by atoms with Crippen molar-refractivity contribution in [3.63, 3.8) is 0 Å². The fraction of sp³-hybridized carbons (Fsp3) is 1.00. The van der Waals surface area contributed by atoms with Crippen LogP contribution in [0.15, 0.2) is 0 Å². The highest BCUT2D eigenvalue weighted by Crippen LogP contribution is 2.29. The number of rotatable bonds is 30. The van der Waals surface area contributed by atoms with E-state index in [9.17, 15) is 0 Å².